The lowest BCUT2D eigenvalue weighted by atomic mass is 9.87. The third-order valence-corrected chi connectivity index (χ3v) is 6.77. The van der Waals surface area contributed by atoms with Gasteiger partial charge in [0.2, 0.25) is 21.8 Å². The molecule has 34 heavy (non-hydrogen) atoms. The van der Waals surface area contributed by atoms with Crippen LogP contribution < -0.4 is 14.4 Å². The van der Waals surface area contributed by atoms with Gasteiger partial charge in [0.05, 0.1) is 19.1 Å². The van der Waals surface area contributed by atoms with Crippen molar-refractivity contribution in [1.82, 2.24) is 10.2 Å². The van der Waals surface area contributed by atoms with Crippen LogP contribution >= 0.6 is 0 Å². The first-order valence-corrected chi connectivity index (χ1v) is 12.8. The summed E-state index contributed by atoms with van der Waals surface area (Å²) in [5.41, 5.74) is 2.12. The highest BCUT2D eigenvalue weighted by Crippen LogP contribution is 2.26. The van der Waals surface area contributed by atoms with Crippen molar-refractivity contribution in [2.24, 2.45) is 0 Å². The number of sulfonamides is 1. The Morgan fingerprint density at radius 3 is 2.03 bits per heavy atom. The first kappa shape index (κ1) is 27.2. The fourth-order valence-electron chi connectivity index (χ4n) is 3.46. The molecule has 0 aromatic heterocycles. The predicted molar refractivity (Wildman–Crippen MR) is 134 cm³/mol. The van der Waals surface area contributed by atoms with Gasteiger partial charge >= 0.3 is 0 Å². The molecule has 8 nitrogen and oxygen atoms in total. The van der Waals surface area contributed by atoms with Crippen LogP contribution in [0.4, 0.5) is 5.69 Å². The van der Waals surface area contributed by atoms with Gasteiger partial charge in [0, 0.05) is 13.6 Å². The van der Waals surface area contributed by atoms with Gasteiger partial charge in [0.1, 0.15) is 18.3 Å². The van der Waals surface area contributed by atoms with Gasteiger partial charge in [-0.05, 0) is 47.7 Å². The Labute approximate surface area is 202 Å². The summed E-state index contributed by atoms with van der Waals surface area (Å²) in [6.45, 7) is 7.53. The van der Waals surface area contributed by atoms with E-state index in [1.807, 2.05) is 12.1 Å². The summed E-state index contributed by atoms with van der Waals surface area (Å²) < 4.78 is 31.5. The molecule has 0 saturated heterocycles. The van der Waals surface area contributed by atoms with Gasteiger partial charge in [-0.25, -0.2) is 8.42 Å². The van der Waals surface area contributed by atoms with Crippen molar-refractivity contribution in [3.63, 3.8) is 0 Å². The largest absolute Gasteiger partial charge is 0.497 e. The highest BCUT2D eigenvalue weighted by Gasteiger charge is 2.30. The lowest BCUT2D eigenvalue weighted by Gasteiger charge is -2.31. The first-order chi connectivity index (χ1) is 15.8. The quantitative estimate of drug-likeness (QED) is 0.584. The standard InChI is InChI=1S/C25H35N3O5S/c1-18(24(30)26-5)27(16-19-8-14-22(33-6)15-9-19)23(29)17-28(34(7,31)32)21-12-10-20(11-13-21)25(2,3)4/h8-15,18H,16-17H2,1-7H3,(H,26,30). The smallest absolute Gasteiger partial charge is 0.244 e. The molecule has 2 amide bonds. The Morgan fingerprint density at radius 1 is 1.03 bits per heavy atom. The third kappa shape index (κ3) is 6.96. The highest BCUT2D eigenvalue weighted by molar-refractivity contribution is 7.92. The number of carbonyl (C=O) groups excluding carboxylic acids is 2. The zero-order chi connectivity index (χ0) is 25.7. The summed E-state index contributed by atoms with van der Waals surface area (Å²) in [6, 6.07) is 13.5. The number of nitrogens with one attached hydrogen (secondary N) is 1. The molecule has 0 saturated carbocycles. The van der Waals surface area contributed by atoms with Gasteiger partial charge in [-0.2, -0.15) is 0 Å². The van der Waals surface area contributed by atoms with E-state index in [1.54, 1.807) is 50.4 Å². The Bertz CT molecular complexity index is 1090. The lowest BCUT2D eigenvalue weighted by molar-refractivity contribution is -0.139. The van der Waals surface area contributed by atoms with Crippen molar-refractivity contribution in [3.8, 4) is 5.75 Å². The summed E-state index contributed by atoms with van der Waals surface area (Å²) >= 11 is 0. The Balaban J connectivity index is 2.37. The van der Waals surface area contributed by atoms with Crippen LogP contribution in [0.2, 0.25) is 0 Å². The highest BCUT2D eigenvalue weighted by atomic mass is 32.2. The molecule has 0 aliphatic rings. The molecule has 0 heterocycles. The lowest BCUT2D eigenvalue weighted by Crippen LogP contribution is -2.50. The maximum atomic E-state index is 13.4. The zero-order valence-electron chi connectivity index (χ0n) is 21.0. The summed E-state index contributed by atoms with van der Waals surface area (Å²) in [6.07, 6.45) is 1.06. The van der Waals surface area contributed by atoms with E-state index in [-0.39, 0.29) is 17.9 Å². The number of ether oxygens (including phenoxy) is 1. The maximum absolute atomic E-state index is 13.4. The van der Waals surface area contributed by atoms with E-state index in [1.165, 1.54) is 11.9 Å². The minimum atomic E-state index is -3.76. The molecule has 0 aliphatic carbocycles. The van der Waals surface area contributed by atoms with Gasteiger partial charge in [-0.3, -0.25) is 13.9 Å². The van der Waals surface area contributed by atoms with E-state index in [2.05, 4.69) is 26.1 Å². The van der Waals surface area contributed by atoms with Crippen molar-refractivity contribution < 1.29 is 22.7 Å². The maximum Gasteiger partial charge on any atom is 0.244 e. The fourth-order valence-corrected chi connectivity index (χ4v) is 4.31. The molecule has 1 unspecified atom stereocenters. The zero-order valence-corrected chi connectivity index (χ0v) is 21.8. The molecule has 0 aliphatic heterocycles. The second-order valence-electron chi connectivity index (χ2n) is 9.23. The third-order valence-electron chi connectivity index (χ3n) is 5.63. The van der Waals surface area contributed by atoms with Gasteiger partial charge in [0.15, 0.2) is 0 Å². The van der Waals surface area contributed by atoms with Crippen LogP contribution in [-0.4, -0.2) is 58.1 Å². The van der Waals surface area contributed by atoms with Crippen LogP contribution in [0, 0.1) is 0 Å². The number of anilines is 1. The molecule has 2 aromatic rings. The minimum absolute atomic E-state index is 0.0949. The molecular formula is C25H35N3O5S. The monoisotopic (exact) mass is 489 g/mol. The number of amides is 2. The van der Waals surface area contributed by atoms with E-state index in [0.29, 0.717) is 11.4 Å². The van der Waals surface area contributed by atoms with E-state index < -0.39 is 28.5 Å². The number of benzene rings is 2. The Morgan fingerprint density at radius 2 is 1.59 bits per heavy atom. The summed E-state index contributed by atoms with van der Waals surface area (Å²) in [5.74, 6) is -0.164. The molecule has 2 rings (SSSR count). The van der Waals surface area contributed by atoms with E-state index in [9.17, 15) is 18.0 Å². The number of methoxy groups -OCH3 is 1. The van der Waals surface area contributed by atoms with E-state index in [0.717, 1.165) is 21.7 Å². The second-order valence-corrected chi connectivity index (χ2v) is 11.1. The number of hydrogen-bond acceptors (Lipinski definition) is 5. The van der Waals surface area contributed by atoms with E-state index in [4.69, 9.17) is 4.74 Å². The molecule has 186 valence electrons. The Hall–Kier alpha value is -3.07. The molecule has 0 spiro atoms. The van der Waals surface area contributed by atoms with Crippen LogP contribution in [0.5, 0.6) is 5.75 Å². The average molecular weight is 490 g/mol. The molecule has 0 bridgehead atoms. The van der Waals surface area contributed by atoms with Crippen molar-refractivity contribution in [1.29, 1.82) is 0 Å². The first-order valence-electron chi connectivity index (χ1n) is 11.0. The van der Waals surface area contributed by atoms with Crippen molar-refractivity contribution >= 4 is 27.5 Å². The topological polar surface area (TPSA) is 96.0 Å². The van der Waals surface area contributed by atoms with Gasteiger partial charge in [-0.15, -0.1) is 0 Å². The van der Waals surface area contributed by atoms with Crippen LogP contribution in [0.25, 0.3) is 0 Å². The van der Waals surface area contributed by atoms with Crippen molar-refractivity contribution in [2.45, 2.75) is 45.7 Å². The molecule has 1 atom stereocenters. The molecular weight excluding hydrogens is 454 g/mol. The summed E-state index contributed by atoms with van der Waals surface area (Å²) in [7, 11) is -0.703. The number of likely N-dealkylation sites (N-methyl/N-ethyl adjacent to an activating group) is 1. The number of hydrogen-bond donors (Lipinski definition) is 1. The fraction of sp³-hybridized carbons (Fsp3) is 0.440. The van der Waals surface area contributed by atoms with E-state index >= 15 is 0 Å². The van der Waals surface area contributed by atoms with Crippen LogP contribution in [0.3, 0.4) is 0 Å². The van der Waals surface area contributed by atoms with Crippen molar-refractivity contribution in [3.05, 3.63) is 59.7 Å². The summed E-state index contributed by atoms with van der Waals surface area (Å²) in [4.78, 5) is 27.2. The number of nitrogens with zero attached hydrogens (tertiary/aromatic N) is 2. The number of rotatable bonds is 9. The minimum Gasteiger partial charge on any atom is -0.497 e. The van der Waals surface area contributed by atoms with Gasteiger partial charge in [0.25, 0.3) is 0 Å². The van der Waals surface area contributed by atoms with Gasteiger partial charge in [-0.1, -0.05) is 45.0 Å². The molecule has 2 aromatic carbocycles. The molecule has 1 N–H and O–H groups in total. The predicted octanol–water partition coefficient (Wildman–Crippen LogP) is 2.92. The van der Waals surface area contributed by atoms with Crippen LogP contribution in [0.15, 0.2) is 48.5 Å². The Kier molecular flexibility index (Phi) is 8.72. The second kappa shape index (κ2) is 10.9. The van der Waals surface area contributed by atoms with Crippen molar-refractivity contribution in [2.75, 3.05) is 31.3 Å². The average Bonchev–Trinajstić information content (AvgIpc) is 2.79. The SMILES string of the molecule is CNC(=O)C(C)N(Cc1ccc(OC)cc1)C(=O)CN(c1ccc(C(C)(C)C)cc1)S(C)(=O)=O. The molecule has 9 heteroatoms. The normalized spacial score (nSPS) is 12.6. The van der Waals surface area contributed by atoms with Crippen LogP contribution in [-0.2, 0) is 31.6 Å². The van der Waals surface area contributed by atoms with Gasteiger partial charge < -0.3 is 15.0 Å². The molecule has 0 radical (unpaired) electrons. The van der Waals surface area contributed by atoms with Crippen LogP contribution in [0.1, 0.15) is 38.8 Å². The molecule has 0 fully saturated rings. The number of carbonyl (C=O) groups is 2. The summed E-state index contributed by atoms with van der Waals surface area (Å²) in [5, 5.41) is 2.55.